The van der Waals surface area contributed by atoms with Gasteiger partial charge in [-0.3, -0.25) is 4.98 Å². The lowest BCUT2D eigenvalue weighted by molar-refractivity contribution is 0.000514. The average molecular weight is 163 g/mol. The Labute approximate surface area is 72.6 Å². The molecular weight excluding hydrogens is 150 g/mol. The van der Waals surface area contributed by atoms with E-state index in [1.807, 2.05) is 12.3 Å². The van der Waals surface area contributed by atoms with Crippen LogP contribution in [0.15, 0.2) is 18.3 Å². The molecule has 1 aromatic rings. The second kappa shape index (κ2) is 2.56. The zero-order valence-corrected chi connectivity index (χ0v) is 7.50. The Morgan fingerprint density at radius 2 is 2.42 bits per heavy atom. The first-order chi connectivity index (χ1) is 5.76. The van der Waals surface area contributed by atoms with Crippen molar-refractivity contribution < 1.29 is 4.74 Å². The first-order valence-corrected chi connectivity index (χ1v) is 4.26. The summed E-state index contributed by atoms with van der Waals surface area (Å²) in [4.78, 5) is 4.36. The lowest BCUT2D eigenvalue weighted by Crippen LogP contribution is -2.21. The second-order valence-corrected chi connectivity index (χ2v) is 3.45. The Balaban J connectivity index is 2.49. The van der Waals surface area contributed by atoms with Crippen molar-refractivity contribution in [2.45, 2.75) is 25.4 Å². The van der Waals surface area contributed by atoms with Crippen molar-refractivity contribution in [3.63, 3.8) is 0 Å². The zero-order valence-electron chi connectivity index (χ0n) is 7.50. The van der Waals surface area contributed by atoms with Gasteiger partial charge in [-0.15, -0.1) is 0 Å². The number of ether oxygens (including phenoxy) is 1. The maximum atomic E-state index is 5.46. The van der Waals surface area contributed by atoms with E-state index in [0.717, 1.165) is 18.5 Å². The Hall–Kier alpha value is -0.890. The van der Waals surface area contributed by atoms with E-state index < -0.39 is 0 Å². The highest BCUT2D eigenvalue weighted by Crippen LogP contribution is 2.37. The van der Waals surface area contributed by atoms with Crippen molar-refractivity contribution >= 4 is 0 Å². The Kier molecular flexibility index (Phi) is 1.65. The number of fused-ring (bicyclic) bond motifs is 1. The third kappa shape index (κ3) is 0.950. The van der Waals surface area contributed by atoms with E-state index in [2.05, 4.69) is 18.0 Å². The smallest absolute Gasteiger partial charge is 0.107 e. The summed E-state index contributed by atoms with van der Waals surface area (Å²) in [5, 5.41) is 0. The Bertz CT molecular complexity index is 298. The highest BCUT2D eigenvalue weighted by molar-refractivity contribution is 5.30. The molecule has 0 saturated heterocycles. The zero-order chi connectivity index (χ0) is 8.60. The van der Waals surface area contributed by atoms with Crippen LogP contribution >= 0.6 is 0 Å². The van der Waals surface area contributed by atoms with Crippen LogP contribution in [0.2, 0.25) is 0 Å². The largest absolute Gasteiger partial charge is 0.372 e. The summed E-state index contributed by atoms with van der Waals surface area (Å²) in [6.45, 7) is 2.10. The summed E-state index contributed by atoms with van der Waals surface area (Å²) >= 11 is 0. The summed E-state index contributed by atoms with van der Waals surface area (Å²) in [6, 6.07) is 4.12. The highest BCUT2D eigenvalue weighted by atomic mass is 16.5. The van der Waals surface area contributed by atoms with Gasteiger partial charge in [-0.05, 0) is 31.4 Å². The minimum atomic E-state index is -0.142. The molecule has 0 radical (unpaired) electrons. The molecule has 1 heterocycles. The van der Waals surface area contributed by atoms with E-state index >= 15 is 0 Å². The Morgan fingerprint density at radius 3 is 3.17 bits per heavy atom. The van der Waals surface area contributed by atoms with E-state index in [1.165, 1.54) is 5.56 Å². The summed E-state index contributed by atoms with van der Waals surface area (Å²) < 4.78 is 5.46. The van der Waals surface area contributed by atoms with Gasteiger partial charge in [-0.25, -0.2) is 0 Å². The van der Waals surface area contributed by atoms with Crippen molar-refractivity contribution in [1.82, 2.24) is 4.98 Å². The lowest BCUT2D eigenvalue weighted by atomic mass is 10.0. The molecule has 0 aliphatic heterocycles. The van der Waals surface area contributed by atoms with Gasteiger partial charge in [0, 0.05) is 13.3 Å². The molecule has 12 heavy (non-hydrogen) atoms. The second-order valence-electron chi connectivity index (χ2n) is 3.45. The van der Waals surface area contributed by atoms with Gasteiger partial charge in [0.25, 0.3) is 0 Å². The van der Waals surface area contributed by atoms with Crippen LogP contribution in [0.25, 0.3) is 0 Å². The summed E-state index contributed by atoms with van der Waals surface area (Å²) in [5.41, 5.74) is 2.31. The summed E-state index contributed by atoms with van der Waals surface area (Å²) in [7, 11) is 1.75. The molecule has 1 aliphatic rings. The van der Waals surface area contributed by atoms with E-state index in [-0.39, 0.29) is 5.60 Å². The summed E-state index contributed by atoms with van der Waals surface area (Å²) in [6.07, 6.45) is 3.98. The lowest BCUT2D eigenvalue weighted by Gasteiger charge is -2.21. The van der Waals surface area contributed by atoms with Gasteiger partial charge in [0.1, 0.15) is 5.60 Å². The third-order valence-electron chi connectivity index (χ3n) is 2.71. The van der Waals surface area contributed by atoms with E-state index in [0.29, 0.717) is 0 Å². The molecule has 1 aromatic heterocycles. The quantitative estimate of drug-likeness (QED) is 0.630. The van der Waals surface area contributed by atoms with Gasteiger partial charge in [-0.1, -0.05) is 6.07 Å². The fraction of sp³-hybridized carbons (Fsp3) is 0.500. The number of pyridine rings is 1. The number of nitrogens with zero attached hydrogens (tertiary/aromatic N) is 1. The minimum absolute atomic E-state index is 0.142. The van der Waals surface area contributed by atoms with Crippen molar-refractivity contribution in [3.05, 3.63) is 29.6 Å². The van der Waals surface area contributed by atoms with Crippen LogP contribution in [-0.2, 0) is 16.8 Å². The van der Waals surface area contributed by atoms with Crippen LogP contribution in [-0.4, -0.2) is 12.1 Å². The standard InChI is InChI=1S/C10H13NO/c1-10(12-2)6-5-8-4-3-7-11-9(8)10/h3-4,7H,5-6H2,1-2H3/t10-/m1/s1. The number of aryl methyl sites for hydroxylation is 1. The van der Waals surface area contributed by atoms with Crippen LogP contribution in [0.4, 0.5) is 0 Å². The molecule has 0 unspecified atom stereocenters. The highest BCUT2D eigenvalue weighted by Gasteiger charge is 2.35. The van der Waals surface area contributed by atoms with Crippen LogP contribution in [0.5, 0.6) is 0 Å². The van der Waals surface area contributed by atoms with E-state index in [4.69, 9.17) is 4.74 Å². The third-order valence-corrected chi connectivity index (χ3v) is 2.71. The normalized spacial score (nSPS) is 27.2. The molecule has 64 valence electrons. The molecule has 0 fully saturated rings. The molecule has 0 amide bonds. The van der Waals surface area contributed by atoms with Gasteiger partial charge < -0.3 is 4.74 Å². The van der Waals surface area contributed by atoms with Crippen molar-refractivity contribution in [1.29, 1.82) is 0 Å². The van der Waals surface area contributed by atoms with E-state index in [1.54, 1.807) is 7.11 Å². The molecule has 1 aliphatic carbocycles. The molecule has 2 nitrogen and oxygen atoms in total. The SMILES string of the molecule is CO[C@]1(C)CCc2cccnc21. The minimum Gasteiger partial charge on any atom is -0.372 e. The summed E-state index contributed by atoms with van der Waals surface area (Å²) in [5.74, 6) is 0. The number of hydrogen-bond donors (Lipinski definition) is 0. The molecule has 2 rings (SSSR count). The Morgan fingerprint density at radius 1 is 1.58 bits per heavy atom. The maximum Gasteiger partial charge on any atom is 0.107 e. The topological polar surface area (TPSA) is 22.1 Å². The first-order valence-electron chi connectivity index (χ1n) is 4.26. The first kappa shape index (κ1) is 7.74. The fourth-order valence-corrected chi connectivity index (χ4v) is 1.81. The molecule has 0 bridgehead atoms. The predicted molar refractivity (Wildman–Crippen MR) is 46.9 cm³/mol. The number of rotatable bonds is 1. The van der Waals surface area contributed by atoms with Crippen molar-refractivity contribution in [2.24, 2.45) is 0 Å². The monoisotopic (exact) mass is 163 g/mol. The van der Waals surface area contributed by atoms with Gasteiger partial charge in [0.15, 0.2) is 0 Å². The predicted octanol–water partition coefficient (Wildman–Crippen LogP) is 1.89. The average Bonchev–Trinajstić information content (AvgIpc) is 2.46. The van der Waals surface area contributed by atoms with Crippen LogP contribution in [0, 0.1) is 0 Å². The van der Waals surface area contributed by atoms with Crippen LogP contribution < -0.4 is 0 Å². The van der Waals surface area contributed by atoms with Crippen molar-refractivity contribution in [3.8, 4) is 0 Å². The van der Waals surface area contributed by atoms with Crippen molar-refractivity contribution in [2.75, 3.05) is 7.11 Å². The number of aromatic nitrogens is 1. The van der Waals surface area contributed by atoms with Crippen LogP contribution in [0.1, 0.15) is 24.6 Å². The maximum absolute atomic E-state index is 5.46. The van der Waals surface area contributed by atoms with Gasteiger partial charge in [0.2, 0.25) is 0 Å². The molecule has 0 saturated carbocycles. The van der Waals surface area contributed by atoms with Gasteiger partial charge in [-0.2, -0.15) is 0 Å². The molecule has 0 N–H and O–H groups in total. The molecule has 1 atom stereocenters. The van der Waals surface area contributed by atoms with Crippen LogP contribution in [0.3, 0.4) is 0 Å². The van der Waals surface area contributed by atoms with Gasteiger partial charge in [0.05, 0.1) is 5.69 Å². The molecule has 0 aromatic carbocycles. The van der Waals surface area contributed by atoms with Gasteiger partial charge >= 0.3 is 0 Å². The van der Waals surface area contributed by atoms with E-state index in [9.17, 15) is 0 Å². The fourth-order valence-electron chi connectivity index (χ4n) is 1.81. The number of hydrogen-bond acceptors (Lipinski definition) is 2. The molecular formula is C10H13NO. The molecule has 0 spiro atoms. The number of methoxy groups -OCH3 is 1. The molecule has 2 heteroatoms.